The van der Waals surface area contributed by atoms with Gasteiger partial charge >= 0.3 is 0 Å². The Morgan fingerprint density at radius 2 is 1.65 bits per heavy atom. The topological polar surface area (TPSA) is 12.0 Å². The van der Waals surface area contributed by atoms with Crippen molar-refractivity contribution in [1.82, 2.24) is 5.32 Å². The van der Waals surface area contributed by atoms with E-state index in [2.05, 4.69) is 5.32 Å². The Morgan fingerprint density at radius 1 is 0.950 bits per heavy atom. The van der Waals surface area contributed by atoms with Crippen LogP contribution in [0, 0.1) is 11.6 Å². The summed E-state index contributed by atoms with van der Waals surface area (Å²) >= 11 is 0. The van der Waals surface area contributed by atoms with Crippen LogP contribution in [0.2, 0.25) is 0 Å². The second kappa shape index (κ2) is 5.71. The predicted molar refractivity (Wildman–Crippen MR) is 75.4 cm³/mol. The Balaban J connectivity index is 1.49. The van der Waals surface area contributed by atoms with E-state index in [4.69, 9.17) is 0 Å². The van der Waals surface area contributed by atoms with Gasteiger partial charge in [-0.15, -0.1) is 0 Å². The van der Waals surface area contributed by atoms with Crippen LogP contribution in [0.25, 0.3) is 0 Å². The minimum absolute atomic E-state index is 0.102. The highest BCUT2D eigenvalue weighted by Crippen LogP contribution is 2.38. The van der Waals surface area contributed by atoms with E-state index in [1.54, 1.807) is 18.2 Å². The smallest absolute Gasteiger partial charge is 0.126 e. The average Bonchev–Trinajstić information content (AvgIpc) is 2.41. The fourth-order valence-corrected chi connectivity index (χ4v) is 2.71. The van der Waals surface area contributed by atoms with Crippen molar-refractivity contribution in [3.8, 4) is 0 Å². The Bertz CT molecular complexity index is 574. The molecule has 2 aromatic carbocycles. The summed E-state index contributed by atoms with van der Waals surface area (Å²) in [4.78, 5) is 0. The maximum atomic E-state index is 13.6. The quantitative estimate of drug-likeness (QED) is 0.887. The first-order valence-electron chi connectivity index (χ1n) is 6.94. The van der Waals surface area contributed by atoms with Crippen LogP contribution < -0.4 is 5.32 Å². The molecule has 104 valence electrons. The molecule has 1 saturated carbocycles. The van der Waals surface area contributed by atoms with Gasteiger partial charge in [0, 0.05) is 12.6 Å². The largest absolute Gasteiger partial charge is 0.310 e. The van der Waals surface area contributed by atoms with E-state index in [1.807, 2.05) is 12.1 Å². The van der Waals surface area contributed by atoms with Crippen LogP contribution in [-0.2, 0) is 6.54 Å². The Labute approximate surface area is 117 Å². The molecular formula is C17H17F2N. The molecule has 0 spiro atoms. The fraction of sp³-hybridized carbons (Fsp3) is 0.294. The van der Waals surface area contributed by atoms with Gasteiger partial charge in [0.2, 0.25) is 0 Å². The molecule has 0 bridgehead atoms. The minimum Gasteiger partial charge on any atom is -0.310 e. The Morgan fingerprint density at radius 3 is 2.35 bits per heavy atom. The lowest BCUT2D eigenvalue weighted by atomic mass is 9.75. The van der Waals surface area contributed by atoms with Crippen molar-refractivity contribution < 1.29 is 8.78 Å². The molecular weight excluding hydrogens is 256 g/mol. The van der Waals surface area contributed by atoms with Crippen LogP contribution in [0.5, 0.6) is 0 Å². The summed E-state index contributed by atoms with van der Waals surface area (Å²) in [5.41, 5.74) is 1.90. The van der Waals surface area contributed by atoms with Crippen molar-refractivity contribution in [1.29, 1.82) is 0 Å². The first-order valence-corrected chi connectivity index (χ1v) is 6.94. The zero-order chi connectivity index (χ0) is 13.9. The summed E-state index contributed by atoms with van der Waals surface area (Å²) in [7, 11) is 0. The number of benzene rings is 2. The minimum atomic E-state index is -0.211. The van der Waals surface area contributed by atoms with Crippen molar-refractivity contribution in [2.24, 2.45) is 0 Å². The SMILES string of the molecule is Fc1ccc(CNC2CC(c3ccccc3F)C2)cc1. The zero-order valence-electron chi connectivity index (χ0n) is 11.2. The third-order valence-corrected chi connectivity index (χ3v) is 3.99. The molecule has 1 nitrogen and oxygen atoms in total. The molecule has 3 rings (SSSR count). The molecule has 20 heavy (non-hydrogen) atoms. The number of rotatable bonds is 4. The molecule has 0 unspecified atom stereocenters. The van der Waals surface area contributed by atoms with Gasteiger partial charge in [-0.3, -0.25) is 0 Å². The third-order valence-electron chi connectivity index (χ3n) is 3.99. The summed E-state index contributed by atoms with van der Waals surface area (Å²) in [5.74, 6) is 0.00779. The van der Waals surface area contributed by atoms with Crippen molar-refractivity contribution in [2.45, 2.75) is 31.3 Å². The van der Waals surface area contributed by atoms with Crippen LogP contribution in [0.15, 0.2) is 48.5 Å². The van der Waals surface area contributed by atoms with Crippen LogP contribution >= 0.6 is 0 Å². The second-order valence-corrected chi connectivity index (χ2v) is 5.39. The van der Waals surface area contributed by atoms with Crippen LogP contribution in [0.3, 0.4) is 0 Å². The highest BCUT2D eigenvalue weighted by molar-refractivity contribution is 5.25. The highest BCUT2D eigenvalue weighted by Gasteiger charge is 2.31. The van der Waals surface area contributed by atoms with Gasteiger partial charge in [0.15, 0.2) is 0 Å². The summed E-state index contributed by atoms with van der Waals surface area (Å²) in [6, 6.07) is 13.9. The van der Waals surface area contributed by atoms with Crippen molar-refractivity contribution in [3.63, 3.8) is 0 Å². The van der Waals surface area contributed by atoms with Gasteiger partial charge in [-0.1, -0.05) is 30.3 Å². The fourth-order valence-electron chi connectivity index (χ4n) is 2.71. The number of hydrogen-bond acceptors (Lipinski definition) is 1. The lowest BCUT2D eigenvalue weighted by molar-refractivity contribution is 0.284. The van der Waals surface area contributed by atoms with Crippen LogP contribution in [0.4, 0.5) is 8.78 Å². The van der Waals surface area contributed by atoms with E-state index in [1.165, 1.54) is 18.2 Å². The molecule has 0 atom stereocenters. The Kier molecular flexibility index (Phi) is 3.79. The van der Waals surface area contributed by atoms with E-state index < -0.39 is 0 Å². The molecule has 1 aliphatic carbocycles. The summed E-state index contributed by atoms with van der Waals surface area (Å²) in [6.45, 7) is 0.731. The van der Waals surface area contributed by atoms with Crippen LogP contribution in [0.1, 0.15) is 29.9 Å². The van der Waals surface area contributed by atoms with Gasteiger partial charge in [0.05, 0.1) is 0 Å². The number of nitrogens with one attached hydrogen (secondary N) is 1. The molecule has 2 aromatic rings. The second-order valence-electron chi connectivity index (χ2n) is 5.39. The van der Waals surface area contributed by atoms with E-state index >= 15 is 0 Å². The molecule has 0 aromatic heterocycles. The van der Waals surface area contributed by atoms with Gasteiger partial charge in [0.25, 0.3) is 0 Å². The van der Waals surface area contributed by atoms with Crippen molar-refractivity contribution in [2.75, 3.05) is 0 Å². The van der Waals surface area contributed by atoms with E-state index in [0.29, 0.717) is 12.0 Å². The summed E-state index contributed by atoms with van der Waals surface area (Å²) in [6.07, 6.45) is 1.92. The van der Waals surface area contributed by atoms with Crippen molar-refractivity contribution in [3.05, 3.63) is 71.3 Å². The first-order chi connectivity index (χ1) is 9.72. The first kappa shape index (κ1) is 13.3. The van der Waals surface area contributed by atoms with Crippen molar-refractivity contribution >= 4 is 0 Å². The summed E-state index contributed by atoms with van der Waals surface area (Å²) in [5, 5.41) is 3.43. The average molecular weight is 273 g/mol. The molecule has 1 aliphatic rings. The number of halogens is 2. The van der Waals surface area contributed by atoms with E-state index in [-0.39, 0.29) is 11.6 Å². The number of hydrogen-bond donors (Lipinski definition) is 1. The van der Waals surface area contributed by atoms with Gasteiger partial charge in [-0.25, -0.2) is 8.78 Å². The zero-order valence-corrected chi connectivity index (χ0v) is 11.2. The summed E-state index contributed by atoms with van der Waals surface area (Å²) < 4.78 is 26.4. The highest BCUT2D eigenvalue weighted by atomic mass is 19.1. The van der Waals surface area contributed by atoms with Crippen LogP contribution in [-0.4, -0.2) is 6.04 Å². The molecule has 1 N–H and O–H groups in total. The molecule has 0 radical (unpaired) electrons. The molecule has 0 saturated heterocycles. The lowest BCUT2D eigenvalue weighted by Gasteiger charge is -2.36. The monoisotopic (exact) mass is 273 g/mol. The molecule has 1 fully saturated rings. The molecule has 0 aliphatic heterocycles. The standard InChI is InChI=1S/C17H17F2N/c18-14-7-5-12(6-8-14)11-20-15-9-13(10-15)16-3-1-2-4-17(16)19/h1-8,13,15,20H,9-11H2. The van der Waals surface area contributed by atoms with E-state index in [9.17, 15) is 8.78 Å². The molecule has 0 amide bonds. The molecule has 0 heterocycles. The normalized spacial score (nSPS) is 21.5. The predicted octanol–water partition coefficient (Wildman–Crippen LogP) is 4.00. The molecule has 3 heteroatoms. The van der Waals surface area contributed by atoms with E-state index in [0.717, 1.165) is 30.5 Å². The van der Waals surface area contributed by atoms with Gasteiger partial charge < -0.3 is 5.32 Å². The lowest BCUT2D eigenvalue weighted by Crippen LogP contribution is -2.39. The van der Waals surface area contributed by atoms with Gasteiger partial charge in [-0.05, 0) is 48.1 Å². The van der Waals surface area contributed by atoms with Gasteiger partial charge in [0.1, 0.15) is 11.6 Å². The maximum Gasteiger partial charge on any atom is 0.126 e. The third kappa shape index (κ3) is 2.88. The Hall–Kier alpha value is -1.74. The van der Waals surface area contributed by atoms with Gasteiger partial charge in [-0.2, -0.15) is 0 Å². The maximum absolute atomic E-state index is 13.6.